The SMILES string of the molecule is O=[SH+](Nc1ccccc1[C@H]1Nc2ccncc2S1)c1ccc(-c2cnns2)s1. The number of nitrogens with zero attached hydrogens (tertiary/aromatic N) is 3. The van der Waals surface area contributed by atoms with E-state index in [0.717, 1.165) is 35.8 Å². The average molecular weight is 445 g/mol. The van der Waals surface area contributed by atoms with Gasteiger partial charge >= 0.3 is 0 Å². The van der Waals surface area contributed by atoms with Gasteiger partial charge in [0, 0.05) is 24.0 Å². The van der Waals surface area contributed by atoms with Crippen LogP contribution in [0.4, 0.5) is 11.4 Å². The van der Waals surface area contributed by atoms with E-state index in [-0.39, 0.29) is 5.37 Å². The molecule has 0 aliphatic carbocycles. The summed E-state index contributed by atoms with van der Waals surface area (Å²) in [6, 6.07) is 13.8. The second-order valence-electron chi connectivity index (χ2n) is 5.93. The van der Waals surface area contributed by atoms with Gasteiger partial charge in [0.15, 0.2) is 0 Å². The van der Waals surface area contributed by atoms with Crippen LogP contribution in [0.1, 0.15) is 10.9 Å². The Bertz CT molecular complexity index is 1120. The molecule has 4 heterocycles. The van der Waals surface area contributed by atoms with Gasteiger partial charge in [-0.05, 0) is 29.7 Å². The van der Waals surface area contributed by atoms with Gasteiger partial charge in [-0.3, -0.25) is 4.98 Å². The van der Waals surface area contributed by atoms with Crippen molar-refractivity contribution in [2.24, 2.45) is 0 Å². The van der Waals surface area contributed by atoms with Crippen LogP contribution in [0.25, 0.3) is 9.75 Å². The molecule has 4 aromatic rings. The Hall–Kier alpha value is -2.27. The molecule has 0 saturated carbocycles. The molecule has 2 N–H and O–H groups in total. The third-order valence-electron chi connectivity index (χ3n) is 4.18. The summed E-state index contributed by atoms with van der Waals surface area (Å²) in [4.78, 5) is 7.32. The molecule has 5 rings (SSSR count). The molecular weight excluding hydrogens is 431 g/mol. The summed E-state index contributed by atoms with van der Waals surface area (Å²) in [5.74, 6) is 0. The molecule has 3 aromatic heterocycles. The number of rotatable bonds is 5. The summed E-state index contributed by atoms with van der Waals surface area (Å²) in [6.07, 6.45) is 5.37. The van der Waals surface area contributed by atoms with Gasteiger partial charge in [-0.2, -0.15) is 0 Å². The standard InChI is InChI=1S/C18H13N5OS4/c24-28(17-6-5-14(25-17)16-10-20-23-27-16)22-12-4-2-1-3-11(12)18-21-13-7-8-19-9-15(13)26-18/h1-10,18,21H,(H,22,24)/p+1/t18-,28?/m0/s1. The van der Waals surface area contributed by atoms with Crippen LogP contribution >= 0.6 is 34.6 Å². The number of nitrogens with one attached hydrogen (secondary N) is 2. The van der Waals surface area contributed by atoms with Crippen molar-refractivity contribution < 1.29 is 4.21 Å². The Morgan fingerprint density at radius 3 is 2.86 bits per heavy atom. The summed E-state index contributed by atoms with van der Waals surface area (Å²) < 4.78 is 20.9. The van der Waals surface area contributed by atoms with Gasteiger partial charge in [0.1, 0.15) is 5.37 Å². The Balaban J connectivity index is 1.37. The third-order valence-corrected chi connectivity index (χ3v) is 8.88. The molecule has 0 fully saturated rings. The van der Waals surface area contributed by atoms with Gasteiger partial charge < -0.3 is 5.32 Å². The van der Waals surface area contributed by atoms with Crippen LogP contribution in [-0.4, -0.2) is 14.6 Å². The summed E-state index contributed by atoms with van der Waals surface area (Å²) in [5.41, 5.74) is 3.00. The molecule has 1 aliphatic rings. The van der Waals surface area contributed by atoms with Crippen LogP contribution in [0.3, 0.4) is 0 Å². The van der Waals surface area contributed by atoms with Crippen LogP contribution in [0.2, 0.25) is 0 Å². The molecule has 10 heteroatoms. The predicted octanol–water partition coefficient (Wildman–Crippen LogP) is 4.96. The highest BCUT2D eigenvalue weighted by atomic mass is 32.2. The van der Waals surface area contributed by atoms with E-state index in [1.807, 2.05) is 42.6 Å². The first-order chi connectivity index (χ1) is 13.8. The van der Waals surface area contributed by atoms with Crippen LogP contribution in [0.15, 0.2) is 70.2 Å². The van der Waals surface area contributed by atoms with Crippen molar-refractivity contribution in [3.05, 3.63) is 66.6 Å². The van der Waals surface area contributed by atoms with E-state index in [1.54, 1.807) is 24.2 Å². The quantitative estimate of drug-likeness (QED) is 0.335. The number of fused-ring (bicyclic) bond motifs is 1. The fourth-order valence-electron chi connectivity index (χ4n) is 2.87. The highest BCUT2D eigenvalue weighted by Gasteiger charge is 2.26. The number of aromatic nitrogens is 3. The van der Waals surface area contributed by atoms with Crippen molar-refractivity contribution >= 4 is 57.0 Å². The summed E-state index contributed by atoms with van der Waals surface area (Å²) in [7, 11) is -1.76. The van der Waals surface area contributed by atoms with Crippen molar-refractivity contribution in [2.75, 3.05) is 10.0 Å². The number of hydrogen-bond acceptors (Lipinski definition) is 8. The first-order valence-electron chi connectivity index (χ1n) is 8.35. The Labute approximate surface area is 176 Å². The lowest BCUT2D eigenvalue weighted by atomic mass is 10.2. The lowest BCUT2D eigenvalue weighted by Gasteiger charge is -2.14. The number of para-hydroxylation sites is 1. The zero-order chi connectivity index (χ0) is 18.9. The van der Waals surface area contributed by atoms with Crippen molar-refractivity contribution in [3.63, 3.8) is 0 Å². The second kappa shape index (κ2) is 7.63. The number of thiol groups is 1. The van der Waals surface area contributed by atoms with E-state index in [1.165, 1.54) is 22.9 Å². The summed E-state index contributed by atoms with van der Waals surface area (Å²) in [5, 5.41) is 7.42. The molecule has 1 aromatic carbocycles. The van der Waals surface area contributed by atoms with Gasteiger partial charge in [0.25, 0.3) is 0 Å². The van der Waals surface area contributed by atoms with Crippen molar-refractivity contribution in [1.82, 2.24) is 14.6 Å². The smallest absolute Gasteiger partial charge is 0.234 e. The zero-order valence-electron chi connectivity index (χ0n) is 14.3. The molecule has 140 valence electrons. The van der Waals surface area contributed by atoms with Gasteiger partial charge in [-0.15, -0.1) is 5.10 Å². The first-order valence-corrected chi connectivity index (χ1v) is 12.1. The molecule has 0 amide bonds. The molecule has 1 aliphatic heterocycles. The van der Waals surface area contributed by atoms with Crippen molar-refractivity contribution in [3.8, 4) is 9.75 Å². The van der Waals surface area contributed by atoms with Gasteiger partial charge in [-0.25, -0.2) is 4.72 Å². The Morgan fingerprint density at radius 1 is 1.07 bits per heavy atom. The average Bonchev–Trinajstić information content (AvgIpc) is 3.47. The minimum Gasteiger partial charge on any atom is -0.368 e. The highest BCUT2D eigenvalue weighted by molar-refractivity contribution is 8.00. The number of pyridine rings is 1. The second-order valence-corrected chi connectivity index (χ2v) is 10.5. The van der Waals surface area contributed by atoms with Crippen LogP contribution in [0, 0.1) is 0 Å². The van der Waals surface area contributed by atoms with Crippen LogP contribution in [0.5, 0.6) is 0 Å². The summed E-state index contributed by atoms with van der Waals surface area (Å²) in [6.45, 7) is 0. The maximum Gasteiger partial charge on any atom is 0.234 e. The molecule has 28 heavy (non-hydrogen) atoms. The molecule has 1 unspecified atom stereocenters. The van der Waals surface area contributed by atoms with Gasteiger partial charge in [0.2, 0.25) is 15.2 Å². The molecule has 0 saturated heterocycles. The molecule has 0 spiro atoms. The lowest BCUT2D eigenvalue weighted by molar-refractivity contribution is 0.599. The Morgan fingerprint density at radius 2 is 2.00 bits per heavy atom. The summed E-state index contributed by atoms with van der Waals surface area (Å²) >= 11 is 4.55. The molecule has 2 atom stereocenters. The molecule has 0 radical (unpaired) electrons. The van der Waals surface area contributed by atoms with Gasteiger partial charge in [0.05, 0.1) is 32.2 Å². The Kier molecular flexibility index (Phi) is 4.85. The fourth-order valence-corrected chi connectivity index (χ4v) is 6.85. The monoisotopic (exact) mass is 444 g/mol. The number of anilines is 2. The van der Waals surface area contributed by atoms with E-state index in [2.05, 4.69) is 30.7 Å². The maximum atomic E-state index is 13.0. The van der Waals surface area contributed by atoms with E-state index >= 15 is 0 Å². The van der Waals surface area contributed by atoms with E-state index in [9.17, 15) is 4.21 Å². The lowest BCUT2D eigenvalue weighted by Crippen LogP contribution is -2.09. The van der Waals surface area contributed by atoms with Crippen LogP contribution in [-0.2, 0) is 15.2 Å². The largest absolute Gasteiger partial charge is 0.368 e. The molecular formula is C18H14N5OS4+. The predicted molar refractivity (Wildman–Crippen MR) is 117 cm³/mol. The minimum atomic E-state index is -1.76. The maximum absolute atomic E-state index is 13.0. The van der Waals surface area contributed by atoms with Crippen molar-refractivity contribution in [1.29, 1.82) is 0 Å². The van der Waals surface area contributed by atoms with E-state index < -0.39 is 11.0 Å². The highest BCUT2D eigenvalue weighted by Crippen LogP contribution is 2.47. The topological polar surface area (TPSA) is 79.8 Å². The third kappa shape index (κ3) is 3.44. The minimum absolute atomic E-state index is 0.0495. The number of hydrogen-bond donors (Lipinski definition) is 2. The number of benzene rings is 1. The fraction of sp³-hybridized carbons (Fsp3) is 0.0556. The van der Waals surface area contributed by atoms with E-state index in [4.69, 9.17) is 0 Å². The molecule has 0 bridgehead atoms. The van der Waals surface area contributed by atoms with Crippen LogP contribution < -0.4 is 10.0 Å². The van der Waals surface area contributed by atoms with E-state index in [0.29, 0.717) is 0 Å². The van der Waals surface area contributed by atoms with Crippen molar-refractivity contribution in [2.45, 2.75) is 14.5 Å². The number of thiophene rings is 1. The first kappa shape index (κ1) is 17.8. The zero-order valence-corrected chi connectivity index (χ0v) is 17.6. The normalized spacial score (nSPS) is 16.4. The van der Waals surface area contributed by atoms with Gasteiger partial charge in [-0.1, -0.05) is 50.0 Å². The molecule has 6 nitrogen and oxygen atoms in total. The number of thioether (sulfide) groups is 1.